The summed E-state index contributed by atoms with van der Waals surface area (Å²) in [5.41, 5.74) is 1.02. The van der Waals surface area contributed by atoms with Crippen molar-refractivity contribution in [3.05, 3.63) is 48.0 Å². The number of hydrogen-bond donors (Lipinski definition) is 2. The molecule has 2 aromatic rings. The van der Waals surface area contributed by atoms with Gasteiger partial charge in [0.25, 0.3) is 0 Å². The first kappa shape index (κ1) is 18.2. The number of aliphatic imine (C=N–C) groups is 1. The Morgan fingerprint density at radius 2 is 2.08 bits per heavy atom. The monoisotopic (exact) mass is 363 g/mol. The van der Waals surface area contributed by atoms with Gasteiger partial charge in [-0.05, 0) is 24.8 Å². The molecule has 1 aliphatic carbocycles. The molecule has 140 valence electrons. The molecule has 0 bridgehead atoms. The van der Waals surface area contributed by atoms with Gasteiger partial charge in [0.15, 0.2) is 5.96 Å². The van der Waals surface area contributed by atoms with Crippen LogP contribution in [0.15, 0.2) is 41.7 Å². The van der Waals surface area contributed by atoms with Crippen LogP contribution in [0.4, 0.5) is 8.78 Å². The predicted molar refractivity (Wildman–Crippen MR) is 95.2 cm³/mol. The van der Waals surface area contributed by atoms with E-state index >= 15 is 0 Å². The van der Waals surface area contributed by atoms with E-state index < -0.39 is 6.55 Å². The second-order valence-corrected chi connectivity index (χ2v) is 6.17. The minimum Gasteiger partial charge on any atom is -0.493 e. The van der Waals surface area contributed by atoms with Crippen molar-refractivity contribution >= 4 is 5.96 Å². The Balaban J connectivity index is 1.53. The summed E-state index contributed by atoms with van der Waals surface area (Å²) in [6, 6.07) is 7.85. The Kier molecular flexibility index (Phi) is 6.04. The zero-order valence-electron chi connectivity index (χ0n) is 14.7. The fourth-order valence-corrected chi connectivity index (χ4v) is 2.50. The minimum absolute atomic E-state index is 0.150. The van der Waals surface area contributed by atoms with Gasteiger partial charge in [0.2, 0.25) is 0 Å². The highest BCUT2D eigenvalue weighted by Gasteiger charge is 2.22. The molecule has 8 heteroatoms. The number of aromatic nitrogens is 2. The van der Waals surface area contributed by atoms with Crippen molar-refractivity contribution < 1.29 is 13.5 Å². The summed E-state index contributed by atoms with van der Waals surface area (Å²) >= 11 is 0. The zero-order chi connectivity index (χ0) is 18.4. The number of ether oxygens (including phenoxy) is 1. The van der Waals surface area contributed by atoms with E-state index in [1.807, 2.05) is 24.3 Å². The van der Waals surface area contributed by atoms with E-state index in [0.717, 1.165) is 22.5 Å². The lowest BCUT2D eigenvalue weighted by Gasteiger charge is -2.15. The first-order chi connectivity index (χ1) is 12.7. The van der Waals surface area contributed by atoms with Gasteiger partial charge in [0.05, 0.1) is 13.2 Å². The van der Waals surface area contributed by atoms with E-state index in [4.69, 9.17) is 4.74 Å². The number of benzene rings is 1. The predicted octanol–water partition coefficient (Wildman–Crippen LogP) is 2.93. The standard InChI is InChI=1S/C18H23F2N5O/c1-21-18(24-11-16-22-8-9-25(16)17(19)20)23-10-14-4-2-3-5-15(14)26-12-13-6-7-13/h2-5,8-9,13,17H,6-7,10-12H2,1H3,(H2,21,23,24). The molecule has 0 saturated heterocycles. The second-order valence-electron chi connectivity index (χ2n) is 6.17. The maximum absolute atomic E-state index is 12.9. The molecule has 1 heterocycles. The lowest BCUT2D eigenvalue weighted by Crippen LogP contribution is -2.37. The third kappa shape index (κ3) is 4.93. The van der Waals surface area contributed by atoms with Crippen molar-refractivity contribution in [3.63, 3.8) is 0 Å². The van der Waals surface area contributed by atoms with E-state index in [0.29, 0.717) is 18.4 Å². The second kappa shape index (κ2) is 8.64. The number of hydrogen-bond acceptors (Lipinski definition) is 3. The summed E-state index contributed by atoms with van der Waals surface area (Å²) < 4.78 is 32.4. The molecule has 0 unspecified atom stereocenters. The van der Waals surface area contributed by atoms with Gasteiger partial charge >= 0.3 is 6.55 Å². The van der Waals surface area contributed by atoms with Gasteiger partial charge in [0, 0.05) is 31.5 Å². The number of alkyl halides is 2. The third-order valence-electron chi connectivity index (χ3n) is 4.19. The van der Waals surface area contributed by atoms with Gasteiger partial charge in [-0.3, -0.25) is 9.56 Å². The maximum Gasteiger partial charge on any atom is 0.319 e. The number of guanidine groups is 1. The molecule has 1 aliphatic rings. The van der Waals surface area contributed by atoms with Gasteiger partial charge in [-0.1, -0.05) is 18.2 Å². The maximum atomic E-state index is 12.9. The van der Waals surface area contributed by atoms with Gasteiger partial charge in [-0.15, -0.1) is 0 Å². The molecule has 0 aliphatic heterocycles. The molecule has 26 heavy (non-hydrogen) atoms. The summed E-state index contributed by atoms with van der Waals surface area (Å²) in [6.07, 6.45) is 5.09. The van der Waals surface area contributed by atoms with Crippen LogP contribution in [0, 0.1) is 5.92 Å². The summed E-state index contributed by atoms with van der Waals surface area (Å²) in [5, 5.41) is 6.17. The van der Waals surface area contributed by atoms with Crippen LogP contribution in [-0.2, 0) is 13.1 Å². The van der Waals surface area contributed by atoms with Gasteiger partial charge in [-0.2, -0.15) is 8.78 Å². The average Bonchev–Trinajstić information content (AvgIpc) is 3.36. The fraction of sp³-hybridized carbons (Fsp3) is 0.444. The van der Waals surface area contributed by atoms with Crippen LogP contribution in [0.25, 0.3) is 0 Å². The average molecular weight is 363 g/mol. The van der Waals surface area contributed by atoms with Crippen molar-refractivity contribution in [2.75, 3.05) is 13.7 Å². The number of para-hydroxylation sites is 1. The molecule has 1 aromatic heterocycles. The van der Waals surface area contributed by atoms with Crippen LogP contribution in [0.3, 0.4) is 0 Å². The topological polar surface area (TPSA) is 63.5 Å². The number of nitrogens with zero attached hydrogens (tertiary/aromatic N) is 3. The number of imidazole rings is 1. The van der Waals surface area contributed by atoms with Crippen molar-refractivity contribution in [2.45, 2.75) is 32.5 Å². The molecule has 1 aromatic carbocycles. The SMILES string of the molecule is CN=C(NCc1ccccc1OCC1CC1)NCc1nccn1C(F)F. The van der Waals surface area contributed by atoms with Crippen molar-refractivity contribution in [1.29, 1.82) is 0 Å². The van der Waals surface area contributed by atoms with Crippen LogP contribution in [0.2, 0.25) is 0 Å². The van der Waals surface area contributed by atoms with Crippen LogP contribution in [0.1, 0.15) is 30.8 Å². The third-order valence-corrected chi connectivity index (χ3v) is 4.19. The minimum atomic E-state index is -2.61. The molecular formula is C18H23F2N5O. The normalized spacial score (nSPS) is 14.5. The lowest BCUT2D eigenvalue weighted by atomic mass is 10.2. The van der Waals surface area contributed by atoms with Crippen molar-refractivity contribution in [2.24, 2.45) is 10.9 Å². The molecule has 0 amide bonds. The van der Waals surface area contributed by atoms with E-state index in [1.165, 1.54) is 25.2 Å². The molecule has 2 N–H and O–H groups in total. The van der Waals surface area contributed by atoms with Crippen LogP contribution in [0.5, 0.6) is 5.75 Å². The van der Waals surface area contributed by atoms with E-state index in [-0.39, 0.29) is 12.4 Å². The fourth-order valence-electron chi connectivity index (χ4n) is 2.50. The molecular weight excluding hydrogens is 340 g/mol. The molecule has 3 rings (SSSR count). The van der Waals surface area contributed by atoms with Crippen LogP contribution in [-0.4, -0.2) is 29.2 Å². The number of halogens is 2. The van der Waals surface area contributed by atoms with E-state index in [2.05, 4.69) is 20.6 Å². The highest BCUT2D eigenvalue weighted by Crippen LogP contribution is 2.30. The van der Waals surface area contributed by atoms with Gasteiger partial charge in [0.1, 0.15) is 11.6 Å². The Morgan fingerprint density at radius 3 is 2.81 bits per heavy atom. The lowest BCUT2D eigenvalue weighted by molar-refractivity contribution is 0.0668. The number of nitrogens with one attached hydrogen (secondary N) is 2. The summed E-state index contributed by atoms with van der Waals surface area (Å²) in [7, 11) is 1.63. The van der Waals surface area contributed by atoms with Crippen molar-refractivity contribution in [1.82, 2.24) is 20.2 Å². The van der Waals surface area contributed by atoms with E-state index in [1.54, 1.807) is 7.05 Å². The Bertz CT molecular complexity index is 743. The number of rotatable bonds is 8. The summed E-state index contributed by atoms with van der Waals surface area (Å²) in [5.74, 6) is 2.29. The Morgan fingerprint density at radius 1 is 1.31 bits per heavy atom. The quantitative estimate of drug-likeness (QED) is 0.559. The molecule has 1 fully saturated rings. The largest absolute Gasteiger partial charge is 0.493 e. The Labute approximate surface area is 151 Å². The highest BCUT2D eigenvalue weighted by atomic mass is 19.3. The molecule has 0 spiro atoms. The molecule has 0 atom stereocenters. The van der Waals surface area contributed by atoms with E-state index in [9.17, 15) is 8.78 Å². The van der Waals surface area contributed by atoms with Crippen molar-refractivity contribution in [3.8, 4) is 5.75 Å². The summed E-state index contributed by atoms with van der Waals surface area (Å²) in [4.78, 5) is 8.06. The Hall–Kier alpha value is -2.64. The van der Waals surface area contributed by atoms with Gasteiger partial charge in [-0.25, -0.2) is 4.98 Å². The summed E-state index contributed by atoms with van der Waals surface area (Å²) in [6.45, 7) is -1.19. The zero-order valence-corrected chi connectivity index (χ0v) is 14.7. The molecule has 1 saturated carbocycles. The first-order valence-corrected chi connectivity index (χ1v) is 8.62. The van der Waals surface area contributed by atoms with Crippen LogP contribution < -0.4 is 15.4 Å². The van der Waals surface area contributed by atoms with Gasteiger partial charge < -0.3 is 15.4 Å². The smallest absolute Gasteiger partial charge is 0.319 e. The first-order valence-electron chi connectivity index (χ1n) is 8.62. The van der Waals surface area contributed by atoms with Crippen LogP contribution >= 0.6 is 0 Å². The molecule has 6 nitrogen and oxygen atoms in total. The highest BCUT2D eigenvalue weighted by molar-refractivity contribution is 5.79. The molecule has 0 radical (unpaired) electrons.